The molecule has 0 fully saturated rings. The Bertz CT molecular complexity index is 553. The van der Waals surface area contributed by atoms with Gasteiger partial charge in [0.15, 0.2) is 0 Å². The van der Waals surface area contributed by atoms with Crippen LogP contribution in [0.1, 0.15) is 18.9 Å². The largest absolute Gasteiger partial charge is 0.380 e. The molecule has 0 unspecified atom stereocenters. The molecule has 2 N–H and O–H groups in total. The number of aliphatic hydroxyl groups is 1. The van der Waals surface area contributed by atoms with Gasteiger partial charge in [-0.05, 0) is 37.5 Å². The fraction of sp³-hybridized carbons (Fsp3) is 0.250. The summed E-state index contributed by atoms with van der Waals surface area (Å²) < 4.78 is 0. The van der Waals surface area contributed by atoms with Gasteiger partial charge in [0.25, 0.3) is 5.91 Å². The van der Waals surface area contributed by atoms with Gasteiger partial charge in [-0.3, -0.25) is 9.78 Å². The predicted molar refractivity (Wildman–Crippen MR) is 78.3 cm³/mol. The Morgan fingerprint density at radius 3 is 2.50 bits per heavy atom. The summed E-state index contributed by atoms with van der Waals surface area (Å²) in [7, 11) is 0. The molecule has 4 nitrogen and oxygen atoms in total. The molecule has 2 rings (SSSR count). The van der Waals surface area contributed by atoms with Gasteiger partial charge in [-0.2, -0.15) is 0 Å². The van der Waals surface area contributed by atoms with Crippen LogP contribution >= 0.6 is 0 Å². The van der Waals surface area contributed by atoms with Crippen LogP contribution < -0.4 is 5.32 Å². The van der Waals surface area contributed by atoms with Gasteiger partial charge < -0.3 is 10.4 Å². The van der Waals surface area contributed by atoms with E-state index in [-0.39, 0.29) is 0 Å². The number of carbonyl (C=O) groups is 1. The van der Waals surface area contributed by atoms with E-state index in [0.29, 0.717) is 18.5 Å². The molecule has 4 heteroatoms. The first-order valence-corrected chi connectivity index (χ1v) is 6.56. The molecule has 0 aliphatic rings. The first-order chi connectivity index (χ1) is 9.58. The van der Waals surface area contributed by atoms with E-state index >= 15 is 0 Å². The number of aryl methyl sites for hydroxylation is 1. The van der Waals surface area contributed by atoms with Crippen LogP contribution in [0.25, 0.3) is 0 Å². The van der Waals surface area contributed by atoms with E-state index in [1.165, 1.54) is 6.92 Å². The van der Waals surface area contributed by atoms with Crippen molar-refractivity contribution in [2.24, 2.45) is 0 Å². The zero-order valence-electron chi connectivity index (χ0n) is 11.4. The highest BCUT2D eigenvalue weighted by molar-refractivity contribution is 5.96. The summed E-state index contributed by atoms with van der Waals surface area (Å²) in [5.74, 6) is -0.403. The fourth-order valence-electron chi connectivity index (χ4n) is 1.85. The molecule has 0 saturated heterocycles. The number of pyridine rings is 1. The average Bonchev–Trinajstić information content (AvgIpc) is 2.47. The van der Waals surface area contributed by atoms with Gasteiger partial charge in [0, 0.05) is 18.1 Å². The number of nitrogens with zero attached hydrogens (tertiary/aromatic N) is 1. The van der Waals surface area contributed by atoms with E-state index in [4.69, 9.17) is 0 Å². The van der Waals surface area contributed by atoms with Crippen molar-refractivity contribution in [3.63, 3.8) is 0 Å². The lowest BCUT2D eigenvalue weighted by Crippen LogP contribution is -2.40. The standard InChI is InChI=1S/C16H18N2O2/c1-16(20,10-7-13-5-3-2-4-6-13)15(19)18-14-8-11-17-12-9-14/h2-6,8-9,11-12,20H,7,10H2,1H3,(H,17,18,19)/t16-/m0/s1. The Morgan fingerprint density at radius 1 is 1.20 bits per heavy atom. The Kier molecular flexibility index (Phi) is 4.48. The van der Waals surface area contributed by atoms with Crippen molar-refractivity contribution in [1.29, 1.82) is 0 Å². The maximum Gasteiger partial charge on any atom is 0.256 e. The molecule has 0 radical (unpaired) electrons. The van der Waals surface area contributed by atoms with Crippen molar-refractivity contribution in [2.75, 3.05) is 5.32 Å². The SMILES string of the molecule is C[C@](O)(CCc1ccccc1)C(=O)Nc1ccncc1. The van der Waals surface area contributed by atoms with Gasteiger partial charge in [-0.15, -0.1) is 0 Å². The Labute approximate surface area is 118 Å². The van der Waals surface area contributed by atoms with Gasteiger partial charge in [0.05, 0.1) is 0 Å². The summed E-state index contributed by atoms with van der Waals surface area (Å²) in [5.41, 5.74) is 0.327. The fourth-order valence-corrected chi connectivity index (χ4v) is 1.85. The number of hydrogen-bond donors (Lipinski definition) is 2. The molecule has 104 valence electrons. The third kappa shape index (κ3) is 3.90. The highest BCUT2D eigenvalue weighted by Crippen LogP contribution is 2.17. The highest BCUT2D eigenvalue weighted by Gasteiger charge is 2.29. The topological polar surface area (TPSA) is 62.2 Å². The summed E-state index contributed by atoms with van der Waals surface area (Å²) >= 11 is 0. The third-order valence-electron chi connectivity index (χ3n) is 3.17. The number of anilines is 1. The second-order valence-corrected chi connectivity index (χ2v) is 4.95. The number of carbonyl (C=O) groups excluding carboxylic acids is 1. The van der Waals surface area contributed by atoms with Crippen LogP contribution in [0.15, 0.2) is 54.9 Å². The normalized spacial score (nSPS) is 13.5. The van der Waals surface area contributed by atoms with Crippen LogP contribution in [-0.2, 0) is 11.2 Å². The first-order valence-electron chi connectivity index (χ1n) is 6.56. The maximum atomic E-state index is 12.1. The lowest BCUT2D eigenvalue weighted by Gasteiger charge is -2.22. The van der Waals surface area contributed by atoms with Crippen LogP contribution in [-0.4, -0.2) is 21.6 Å². The lowest BCUT2D eigenvalue weighted by molar-refractivity contribution is -0.132. The minimum absolute atomic E-state index is 0.369. The zero-order valence-corrected chi connectivity index (χ0v) is 11.4. The third-order valence-corrected chi connectivity index (χ3v) is 3.17. The average molecular weight is 270 g/mol. The quantitative estimate of drug-likeness (QED) is 0.877. The maximum absolute atomic E-state index is 12.1. The molecule has 0 saturated carbocycles. The Morgan fingerprint density at radius 2 is 1.85 bits per heavy atom. The summed E-state index contributed by atoms with van der Waals surface area (Å²) in [6.07, 6.45) is 4.20. The van der Waals surface area contributed by atoms with Crippen LogP contribution in [0, 0.1) is 0 Å². The number of nitrogens with one attached hydrogen (secondary N) is 1. The van der Waals surface area contributed by atoms with E-state index in [1.807, 2.05) is 30.3 Å². The molecule has 1 heterocycles. The molecule has 0 aliphatic heterocycles. The molecular weight excluding hydrogens is 252 g/mol. The zero-order chi connectivity index (χ0) is 14.4. The number of aromatic nitrogens is 1. The number of amides is 1. The van der Waals surface area contributed by atoms with Crippen molar-refractivity contribution in [3.8, 4) is 0 Å². The van der Waals surface area contributed by atoms with Crippen LogP contribution in [0.4, 0.5) is 5.69 Å². The highest BCUT2D eigenvalue weighted by atomic mass is 16.3. The van der Waals surface area contributed by atoms with E-state index in [1.54, 1.807) is 24.5 Å². The van der Waals surface area contributed by atoms with E-state index < -0.39 is 11.5 Å². The number of benzene rings is 1. The van der Waals surface area contributed by atoms with Crippen LogP contribution in [0.2, 0.25) is 0 Å². The van der Waals surface area contributed by atoms with E-state index in [2.05, 4.69) is 10.3 Å². The molecule has 1 aromatic heterocycles. The lowest BCUT2D eigenvalue weighted by atomic mass is 9.96. The molecule has 0 bridgehead atoms. The van der Waals surface area contributed by atoms with E-state index in [9.17, 15) is 9.90 Å². The summed E-state index contributed by atoms with van der Waals surface area (Å²) in [4.78, 5) is 16.0. The van der Waals surface area contributed by atoms with Crippen molar-refractivity contribution >= 4 is 11.6 Å². The molecular formula is C16H18N2O2. The van der Waals surface area contributed by atoms with Crippen LogP contribution in [0.3, 0.4) is 0 Å². The number of hydrogen-bond acceptors (Lipinski definition) is 3. The molecule has 0 aliphatic carbocycles. The minimum Gasteiger partial charge on any atom is -0.380 e. The monoisotopic (exact) mass is 270 g/mol. The van der Waals surface area contributed by atoms with Crippen molar-refractivity contribution in [1.82, 2.24) is 4.98 Å². The summed E-state index contributed by atoms with van der Waals surface area (Å²) in [6.45, 7) is 1.53. The minimum atomic E-state index is -1.40. The molecule has 2 aromatic rings. The smallest absolute Gasteiger partial charge is 0.256 e. The second kappa shape index (κ2) is 6.30. The number of rotatable bonds is 5. The van der Waals surface area contributed by atoms with Gasteiger partial charge in [0.1, 0.15) is 5.60 Å². The molecule has 1 atom stereocenters. The predicted octanol–water partition coefficient (Wildman–Crippen LogP) is 2.40. The molecule has 0 spiro atoms. The van der Waals surface area contributed by atoms with Crippen molar-refractivity contribution in [2.45, 2.75) is 25.4 Å². The second-order valence-electron chi connectivity index (χ2n) is 4.95. The van der Waals surface area contributed by atoms with E-state index in [0.717, 1.165) is 5.56 Å². The molecule has 20 heavy (non-hydrogen) atoms. The Balaban J connectivity index is 1.94. The Hall–Kier alpha value is -2.20. The van der Waals surface area contributed by atoms with Crippen molar-refractivity contribution in [3.05, 3.63) is 60.4 Å². The molecule has 1 aromatic carbocycles. The van der Waals surface area contributed by atoms with Crippen LogP contribution in [0.5, 0.6) is 0 Å². The first kappa shape index (κ1) is 14.2. The van der Waals surface area contributed by atoms with Gasteiger partial charge in [-0.25, -0.2) is 0 Å². The van der Waals surface area contributed by atoms with Gasteiger partial charge >= 0.3 is 0 Å². The summed E-state index contributed by atoms with van der Waals surface area (Å²) in [5, 5.41) is 13.0. The van der Waals surface area contributed by atoms with Gasteiger partial charge in [0.2, 0.25) is 0 Å². The molecule has 1 amide bonds. The van der Waals surface area contributed by atoms with Crippen molar-refractivity contribution < 1.29 is 9.90 Å². The summed E-state index contributed by atoms with van der Waals surface area (Å²) in [6, 6.07) is 13.2. The van der Waals surface area contributed by atoms with Gasteiger partial charge in [-0.1, -0.05) is 30.3 Å².